The summed E-state index contributed by atoms with van der Waals surface area (Å²) < 4.78 is 16.1. The molecule has 5 heteroatoms. The summed E-state index contributed by atoms with van der Waals surface area (Å²) in [6.45, 7) is 2.89. The first-order chi connectivity index (χ1) is 12.7. The molecule has 0 radical (unpaired) electrons. The highest BCUT2D eigenvalue weighted by Gasteiger charge is 2.09. The first-order valence-corrected chi connectivity index (χ1v) is 8.94. The third kappa shape index (κ3) is 5.69. The minimum absolute atomic E-state index is 0.188. The Labute approximate surface area is 155 Å². The molecule has 0 saturated carbocycles. The number of nitrogens with one attached hydrogen (secondary N) is 1. The average Bonchev–Trinajstić information content (AvgIpc) is 2.68. The molecule has 1 amide bonds. The summed E-state index contributed by atoms with van der Waals surface area (Å²) in [6.07, 6.45) is 4.68. The molecule has 0 saturated heterocycles. The summed E-state index contributed by atoms with van der Waals surface area (Å²) in [6, 6.07) is 12.4. The van der Waals surface area contributed by atoms with E-state index in [0.29, 0.717) is 29.4 Å². The molecule has 0 aromatic heterocycles. The van der Waals surface area contributed by atoms with Crippen molar-refractivity contribution in [2.75, 3.05) is 26.1 Å². The van der Waals surface area contributed by atoms with E-state index in [2.05, 4.69) is 12.2 Å². The van der Waals surface area contributed by atoms with E-state index in [1.807, 2.05) is 12.1 Å². The molecule has 0 unspecified atom stereocenters. The number of hydrogen-bond donors (Lipinski definition) is 1. The van der Waals surface area contributed by atoms with Crippen LogP contribution in [0.2, 0.25) is 0 Å². The van der Waals surface area contributed by atoms with Crippen LogP contribution in [0.1, 0.15) is 43.0 Å². The monoisotopic (exact) mass is 357 g/mol. The summed E-state index contributed by atoms with van der Waals surface area (Å²) in [7, 11) is 3.13. The largest absolute Gasteiger partial charge is 0.494 e. The van der Waals surface area contributed by atoms with Gasteiger partial charge in [-0.05, 0) is 42.8 Å². The summed E-state index contributed by atoms with van der Waals surface area (Å²) in [5.41, 5.74) is 1.21. The Balaban J connectivity index is 1.91. The number of anilines is 1. The quantitative estimate of drug-likeness (QED) is 0.614. The van der Waals surface area contributed by atoms with Crippen molar-refractivity contribution >= 4 is 11.6 Å². The van der Waals surface area contributed by atoms with Crippen LogP contribution in [0.25, 0.3) is 0 Å². The second kappa shape index (κ2) is 10.3. The number of amides is 1. The van der Waals surface area contributed by atoms with Gasteiger partial charge in [0.2, 0.25) is 0 Å². The van der Waals surface area contributed by atoms with Crippen LogP contribution in [-0.2, 0) is 0 Å². The molecule has 0 heterocycles. The van der Waals surface area contributed by atoms with Gasteiger partial charge in [-0.2, -0.15) is 0 Å². The van der Waals surface area contributed by atoms with Crippen LogP contribution in [0.5, 0.6) is 17.2 Å². The van der Waals surface area contributed by atoms with Crippen LogP contribution in [0, 0.1) is 0 Å². The van der Waals surface area contributed by atoms with E-state index >= 15 is 0 Å². The highest BCUT2D eigenvalue weighted by atomic mass is 16.5. The van der Waals surface area contributed by atoms with Crippen LogP contribution in [0.15, 0.2) is 42.5 Å². The zero-order chi connectivity index (χ0) is 18.8. The van der Waals surface area contributed by atoms with Crippen LogP contribution in [0.3, 0.4) is 0 Å². The Kier molecular flexibility index (Phi) is 7.80. The predicted molar refractivity (Wildman–Crippen MR) is 104 cm³/mol. The summed E-state index contributed by atoms with van der Waals surface area (Å²) in [4.78, 5) is 12.4. The van der Waals surface area contributed by atoms with Gasteiger partial charge in [0.15, 0.2) is 11.5 Å². The minimum atomic E-state index is -0.188. The second-order valence-corrected chi connectivity index (χ2v) is 5.96. The molecule has 2 aromatic carbocycles. The second-order valence-electron chi connectivity index (χ2n) is 5.96. The maximum Gasteiger partial charge on any atom is 0.255 e. The van der Waals surface area contributed by atoms with Gasteiger partial charge in [0.25, 0.3) is 5.91 Å². The summed E-state index contributed by atoms with van der Waals surface area (Å²) in [5, 5.41) is 2.85. The van der Waals surface area contributed by atoms with E-state index in [4.69, 9.17) is 14.2 Å². The smallest absolute Gasteiger partial charge is 0.255 e. The van der Waals surface area contributed by atoms with Crippen molar-refractivity contribution in [2.24, 2.45) is 0 Å². The molecule has 5 nitrogen and oxygen atoms in total. The molecular formula is C21H27NO4. The van der Waals surface area contributed by atoms with E-state index < -0.39 is 0 Å². The Morgan fingerprint density at radius 3 is 2.31 bits per heavy atom. The topological polar surface area (TPSA) is 56.8 Å². The average molecular weight is 357 g/mol. The van der Waals surface area contributed by atoms with Gasteiger partial charge in [0.1, 0.15) is 5.75 Å². The molecular weight excluding hydrogens is 330 g/mol. The van der Waals surface area contributed by atoms with E-state index in [1.54, 1.807) is 44.6 Å². The zero-order valence-corrected chi connectivity index (χ0v) is 15.7. The predicted octanol–water partition coefficient (Wildman–Crippen LogP) is 4.92. The molecule has 0 fully saturated rings. The molecule has 26 heavy (non-hydrogen) atoms. The van der Waals surface area contributed by atoms with Crippen LogP contribution < -0.4 is 19.5 Å². The van der Waals surface area contributed by atoms with Crippen LogP contribution in [-0.4, -0.2) is 26.7 Å². The maximum atomic E-state index is 12.4. The zero-order valence-electron chi connectivity index (χ0n) is 15.7. The van der Waals surface area contributed by atoms with Crippen molar-refractivity contribution in [1.29, 1.82) is 0 Å². The molecule has 140 valence electrons. The Morgan fingerprint density at radius 2 is 1.65 bits per heavy atom. The molecule has 0 atom stereocenters. The number of rotatable bonds is 10. The van der Waals surface area contributed by atoms with Gasteiger partial charge in [-0.3, -0.25) is 4.79 Å². The minimum Gasteiger partial charge on any atom is -0.494 e. The molecule has 0 aliphatic heterocycles. The molecule has 0 spiro atoms. The maximum absolute atomic E-state index is 12.4. The third-order valence-corrected chi connectivity index (χ3v) is 4.02. The fraction of sp³-hybridized carbons (Fsp3) is 0.381. The Morgan fingerprint density at radius 1 is 0.923 bits per heavy atom. The fourth-order valence-electron chi connectivity index (χ4n) is 2.54. The van der Waals surface area contributed by atoms with Crippen molar-refractivity contribution in [3.63, 3.8) is 0 Å². The third-order valence-electron chi connectivity index (χ3n) is 4.02. The van der Waals surface area contributed by atoms with Gasteiger partial charge in [-0.1, -0.05) is 26.2 Å². The number of methoxy groups -OCH3 is 2. The van der Waals surface area contributed by atoms with Gasteiger partial charge >= 0.3 is 0 Å². The summed E-state index contributed by atoms with van der Waals surface area (Å²) >= 11 is 0. The number of unbranched alkanes of at least 4 members (excludes halogenated alkanes) is 3. The van der Waals surface area contributed by atoms with Gasteiger partial charge in [0.05, 0.1) is 20.8 Å². The van der Waals surface area contributed by atoms with E-state index in [0.717, 1.165) is 12.2 Å². The highest BCUT2D eigenvalue weighted by Crippen LogP contribution is 2.30. The molecule has 2 rings (SSSR count). The number of carbonyl (C=O) groups excluding carboxylic acids is 1. The van der Waals surface area contributed by atoms with Crippen LogP contribution in [0.4, 0.5) is 5.69 Å². The van der Waals surface area contributed by atoms with E-state index in [1.165, 1.54) is 19.3 Å². The van der Waals surface area contributed by atoms with Crippen molar-refractivity contribution < 1.29 is 19.0 Å². The molecule has 1 N–H and O–H groups in total. The Hall–Kier alpha value is -2.69. The lowest BCUT2D eigenvalue weighted by atomic mass is 10.2. The van der Waals surface area contributed by atoms with Gasteiger partial charge in [-0.25, -0.2) is 0 Å². The molecule has 2 aromatic rings. The van der Waals surface area contributed by atoms with Gasteiger partial charge in [0, 0.05) is 17.3 Å². The van der Waals surface area contributed by atoms with Crippen molar-refractivity contribution in [1.82, 2.24) is 0 Å². The lowest BCUT2D eigenvalue weighted by Gasteiger charge is -2.11. The molecule has 0 bridgehead atoms. The number of hydrogen-bond acceptors (Lipinski definition) is 4. The van der Waals surface area contributed by atoms with E-state index in [9.17, 15) is 4.79 Å². The normalized spacial score (nSPS) is 10.3. The highest BCUT2D eigenvalue weighted by molar-refractivity contribution is 6.04. The van der Waals surface area contributed by atoms with Crippen molar-refractivity contribution in [3.8, 4) is 17.2 Å². The molecule has 0 aliphatic carbocycles. The van der Waals surface area contributed by atoms with Crippen LogP contribution >= 0.6 is 0 Å². The SMILES string of the molecule is CCCCCCOc1ccc(C(=O)Nc2ccc(OC)c(OC)c2)cc1. The lowest BCUT2D eigenvalue weighted by Crippen LogP contribution is -2.12. The van der Waals surface area contributed by atoms with Crippen molar-refractivity contribution in [2.45, 2.75) is 32.6 Å². The fourth-order valence-corrected chi connectivity index (χ4v) is 2.54. The lowest BCUT2D eigenvalue weighted by molar-refractivity contribution is 0.102. The first-order valence-electron chi connectivity index (χ1n) is 8.94. The first kappa shape index (κ1) is 19.6. The Bertz CT molecular complexity index is 698. The molecule has 0 aliphatic rings. The standard InChI is InChI=1S/C21H27NO4/c1-4-5-6-7-14-26-18-11-8-16(9-12-18)21(23)22-17-10-13-19(24-2)20(15-17)25-3/h8-13,15H,4-7,14H2,1-3H3,(H,22,23). The van der Waals surface area contributed by atoms with Crippen molar-refractivity contribution in [3.05, 3.63) is 48.0 Å². The summed E-state index contributed by atoms with van der Waals surface area (Å²) in [5.74, 6) is 1.78. The number of ether oxygens (including phenoxy) is 3. The van der Waals surface area contributed by atoms with Gasteiger partial charge < -0.3 is 19.5 Å². The van der Waals surface area contributed by atoms with Gasteiger partial charge in [-0.15, -0.1) is 0 Å². The van der Waals surface area contributed by atoms with E-state index in [-0.39, 0.29) is 5.91 Å². The number of benzene rings is 2. The number of carbonyl (C=O) groups is 1.